The molecule has 4 aliphatic rings. The zero-order valence-corrected chi connectivity index (χ0v) is 39.4. The van der Waals surface area contributed by atoms with Crippen molar-refractivity contribution in [1.82, 2.24) is 19.6 Å². The number of nitrogens with zero attached hydrogens (tertiary/aromatic N) is 4. The van der Waals surface area contributed by atoms with Crippen molar-refractivity contribution < 1.29 is 53.0 Å². The molecule has 2 saturated heterocycles. The van der Waals surface area contributed by atoms with Crippen molar-refractivity contribution in [1.29, 1.82) is 0 Å². The van der Waals surface area contributed by atoms with Crippen LogP contribution >= 0.6 is 0 Å². The molecule has 6 rings (SSSR count). The zero-order valence-electron chi connectivity index (χ0n) is 39.4. The van der Waals surface area contributed by atoms with E-state index in [1.807, 2.05) is 43.3 Å². The number of β-amino-alcohol motifs (C(OH)–C–C–N with tert-alkyl or cyclic N) is 1. The molecule has 4 fully saturated rings. The van der Waals surface area contributed by atoms with Gasteiger partial charge in [0.25, 0.3) is 0 Å². The lowest BCUT2D eigenvalue weighted by Crippen LogP contribution is -2.46. The van der Waals surface area contributed by atoms with Gasteiger partial charge in [0.2, 0.25) is 0 Å². The first-order chi connectivity index (χ1) is 30.3. The van der Waals surface area contributed by atoms with Crippen LogP contribution in [0.25, 0.3) is 0 Å². The van der Waals surface area contributed by atoms with E-state index in [2.05, 4.69) is 21.9 Å². The van der Waals surface area contributed by atoms with Gasteiger partial charge in [-0.1, -0.05) is 37.8 Å². The number of carboxylic acid groups (broad SMARTS) is 1. The molecule has 2 aromatic carbocycles. The second kappa shape index (κ2) is 27.6. The van der Waals surface area contributed by atoms with E-state index in [4.69, 9.17) is 38.3 Å². The van der Waals surface area contributed by atoms with Crippen LogP contribution in [0.5, 0.6) is 23.0 Å². The topological polar surface area (TPSA) is 152 Å². The Morgan fingerprint density at radius 3 is 1.49 bits per heavy atom. The third-order valence-electron chi connectivity index (χ3n) is 12.2. The molecule has 2 N–H and O–H groups in total. The minimum Gasteiger partial charge on any atom is -0.493 e. The van der Waals surface area contributed by atoms with E-state index in [1.54, 1.807) is 47.4 Å². The lowest BCUT2D eigenvalue weighted by Gasteiger charge is -2.37. The Labute approximate surface area is 376 Å². The Morgan fingerprint density at radius 2 is 1.08 bits per heavy atom. The van der Waals surface area contributed by atoms with Crippen molar-refractivity contribution in [2.75, 3.05) is 109 Å². The molecule has 63 heavy (non-hydrogen) atoms. The quantitative estimate of drug-likeness (QED) is 0.182. The van der Waals surface area contributed by atoms with E-state index < -0.39 is 5.97 Å². The first-order valence-corrected chi connectivity index (χ1v) is 22.9. The van der Waals surface area contributed by atoms with Gasteiger partial charge in [-0.2, -0.15) is 0 Å². The van der Waals surface area contributed by atoms with Gasteiger partial charge in [-0.3, -0.25) is 29.2 Å². The number of aliphatic hydroxyl groups is 1. The van der Waals surface area contributed by atoms with Crippen molar-refractivity contribution in [3.8, 4) is 23.0 Å². The predicted octanol–water partition coefficient (Wildman–Crippen LogP) is 5.03. The van der Waals surface area contributed by atoms with Crippen LogP contribution in [0, 0.1) is 0 Å². The summed E-state index contributed by atoms with van der Waals surface area (Å²) in [5.41, 5.74) is 2.38. The predicted molar refractivity (Wildman–Crippen MR) is 244 cm³/mol. The summed E-state index contributed by atoms with van der Waals surface area (Å²) in [6.45, 7) is 5.45. The highest BCUT2D eigenvalue weighted by molar-refractivity contribution is 5.71. The molecule has 2 aliphatic carbocycles. The second-order valence-electron chi connectivity index (χ2n) is 17.6. The summed E-state index contributed by atoms with van der Waals surface area (Å²) in [4.78, 5) is 30.1. The van der Waals surface area contributed by atoms with Crippen LogP contribution in [0.3, 0.4) is 0 Å². The molecule has 15 nitrogen and oxygen atoms in total. The maximum absolute atomic E-state index is 12.0. The number of ether oxygens (including phenoxy) is 7. The van der Waals surface area contributed by atoms with Gasteiger partial charge in [0.15, 0.2) is 23.0 Å². The van der Waals surface area contributed by atoms with Crippen LogP contribution in [0.1, 0.15) is 75.3 Å². The monoisotopic (exact) mass is 887 g/mol. The largest absolute Gasteiger partial charge is 0.493 e. The van der Waals surface area contributed by atoms with Gasteiger partial charge in [-0.05, 0) is 115 Å². The van der Waals surface area contributed by atoms with Gasteiger partial charge in [-0.25, -0.2) is 0 Å². The fourth-order valence-electron chi connectivity index (χ4n) is 9.08. The first-order valence-electron chi connectivity index (χ1n) is 22.9. The third-order valence-corrected chi connectivity index (χ3v) is 12.2. The molecule has 0 radical (unpaired) electrons. The average molecular weight is 887 g/mol. The van der Waals surface area contributed by atoms with Crippen LogP contribution in [0.15, 0.2) is 36.4 Å². The van der Waals surface area contributed by atoms with Crippen LogP contribution in [0.4, 0.5) is 0 Å². The van der Waals surface area contributed by atoms with Crippen molar-refractivity contribution in [2.24, 2.45) is 0 Å². The zero-order chi connectivity index (χ0) is 45.7. The van der Waals surface area contributed by atoms with Crippen molar-refractivity contribution in [3.63, 3.8) is 0 Å². The molecule has 0 unspecified atom stereocenters. The van der Waals surface area contributed by atoms with Crippen LogP contribution < -0.4 is 18.9 Å². The van der Waals surface area contributed by atoms with Crippen molar-refractivity contribution in [2.45, 2.75) is 114 Å². The Hall–Kier alpha value is -3.70. The standard InChI is InChI=1S/C24H38N2O5.C20H31NO4.C4H9NO2/c1-25(2)17-24(27)31-19-11-13-26(16-19)20-7-5-6-8-21(20)30-14-12-18-9-10-22(28-3)23(15-18)29-4;1-23-19-8-7-15(13-20(19)24-2)10-12-25-18-6-4-3-5-17(18)21-11-9-16(22)14-21;1-5(2)3-4(6)7/h9-10,15,19-21H,5-8,11-14,16-17H2,1-4H3;7-8,13,16-18,22H,3-6,9-12,14H2,1-2H3;3H2,1-2H3,(H,6,7)/t19-,20-,21-;16-,17-,18-;/m11./s1. The number of hydrogen-bond acceptors (Lipinski definition) is 14. The summed E-state index contributed by atoms with van der Waals surface area (Å²) >= 11 is 0. The van der Waals surface area contributed by atoms with Crippen molar-refractivity contribution in [3.05, 3.63) is 47.5 Å². The number of carbonyl (C=O) groups excluding carboxylic acids is 1. The first kappa shape index (κ1) is 51.9. The number of rotatable bonds is 19. The highest BCUT2D eigenvalue weighted by atomic mass is 16.5. The van der Waals surface area contributed by atoms with E-state index in [1.165, 1.54) is 43.2 Å². The molecular weight excluding hydrogens is 809 g/mol. The molecule has 2 heterocycles. The van der Waals surface area contributed by atoms with Crippen LogP contribution in [-0.2, 0) is 36.6 Å². The van der Waals surface area contributed by atoms with Gasteiger partial charge < -0.3 is 43.4 Å². The van der Waals surface area contributed by atoms with Gasteiger partial charge >= 0.3 is 11.9 Å². The number of esters is 1. The van der Waals surface area contributed by atoms with E-state index >= 15 is 0 Å². The Kier molecular flexibility index (Phi) is 22.7. The van der Waals surface area contributed by atoms with Gasteiger partial charge in [0.05, 0.1) is 73.1 Å². The number of aliphatic carboxylic acids is 1. The smallest absolute Gasteiger partial charge is 0.320 e. The van der Waals surface area contributed by atoms with E-state index in [0.717, 1.165) is 94.1 Å². The van der Waals surface area contributed by atoms with Crippen LogP contribution in [0.2, 0.25) is 0 Å². The number of methoxy groups -OCH3 is 4. The van der Waals surface area contributed by atoms with Gasteiger partial charge in [0.1, 0.15) is 6.10 Å². The highest BCUT2D eigenvalue weighted by Crippen LogP contribution is 2.32. The van der Waals surface area contributed by atoms with Gasteiger partial charge in [-0.15, -0.1) is 0 Å². The lowest BCUT2D eigenvalue weighted by molar-refractivity contribution is -0.149. The summed E-state index contributed by atoms with van der Waals surface area (Å²) in [5, 5.41) is 17.9. The number of carbonyl (C=O) groups is 2. The Balaban J connectivity index is 0.000000244. The Morgan fingerprint density at radius 1 is 0.619 bits per heavy atom. The fraction of sp³-hybridized carbons (Fsp3) is 0.708. The van der Waals surface area contributed by atoms with Crippen LogP contribution in [-0.4, -0.2) is 187 Å². The maximum Gasteiger partial charge on any atom is 0.320 e. The summed E-state index contributed by atoms with van der Waals surface area (Å²) in [6, 6.07) is 13.0. The molecular formula is C48H78N4O11. The number of likely N-dealkylation sites (tertiary alicyclic amines) is 2. The SMILES string of the molecule is CN(C)CC(=O)O.COc1ccc(CCO[C@@H]2CCCC[C@H]2N2CC[C@@H](O)C2)cc1OC.COc1ccc(CCO[C@@H]2CCCC[C@H]2N2CC[C@@H](OC(=O)CN(C)C)C2)cc1OC. The van der Waals surface area contributed by atoms with E-state index in [-0.39, 0.29) is 30.8 Å². The summed E-state index contributed by atoms with van der Waals surface area (Å²) < 4.78 is 39.7. The number of aliphatic hydroxyl groups excluding tert-OH is 1. The summed E-state index contributed by atoms with van der Waals surface area (Å²) in [6.07, 6.45) is 13.4. The molecule has 0 spiro atoms. The van der Waals surface area contributed by atoms with Crippen molar-refractivity contribution >= 4 is 11.9 Å². The molecule has 0 amide bonds. The minimum atomic E-state index is -0.787. The lowest BCUT2D eigenvalue weighted by atomic mass is 9.91. The third kappa shape index (κ3) is 17.7. The number of likely N-dealkylation sites (N-methyl/N-ethyl adjacent to an activating group) is 2. The fourth-order valence-corrected chi connectivity index (χ4v) is 9.08. The number of carboxylic acids is 1. The Bertz CT molecular complexity index is 1650. The van der Waals surface area contributed by atoms with E-state index in [0.29, 0.717) is 37.9 Å². The molecule has 2 saturated carbocycles. The minimum absolute atomic E-state index is 0.00166. The van der Waals surface area contributed by atoms with E-state index in [9.17, 15) is 14.7 Å². The van der Waals surface area contributed by atoms with Gasteiger partial charge in [0, 0.05) is 38.3 Å². The summed E-state index contributed by atoms with van der Waals surface area (Å²) in [5.74, 6) is 2.10. The number of hydrogen-bond donors (Lipinski definition) is 2. The highest BCUT2D eigenvalue weighted by Gasteiger charge is 2.37. The average Bonchev–Trinajstić information content (AvgIpc) is 3.92. The molecule has 15 heteroatoms. The summed E-state index contributed by atoms with van der Waals surface area (Å²) in [7, 11) is 13.8. The molecule has 0 aromatic heterocycles. The normalized spacial score (nSPS) is 23.9. The molecule has 0 bridgehead atoms. The molecule has 2 aliphatic heterocycles. The second-order valence-corrected chi connectivity index (χ2v) is 17.6. The molecule has 6 atom stereocenters. The molecule has 356 valence electrons. The maximum atomic E-state index is 12.0. The number of benzene rings is 2. The molecule has 2 aromatic rings.